The Kier molecular flexibility index (Phi) is 3.55. The van der Waals surface area contributed by atoms with Crippen LogP contribution in [0.25, 0.3) is 0 Å². The highest BCUT2D eigenvalue weighted by molar-refractivity contribution is 9.10. The lowest BCUT2D eigenvalue weighted by Crippen LogP contribution is -2.10. The fourth-order valence-electron chi connectivity index (χ4n) is 2.09. The first-order valence-corrected chi connectivity index (χ1v) is 7.83. The van der Waals surface area contributed by atoms with E-state index in [0.717, 1.165) is 20.9 Å². The Hall–Kier alpha value is -0.640. The zero-order valence-corrected chi connectivity index (χ0v) is 12.6. The van der Waals surface area contributed by atoms with Crippen molar-refractivity contribution in [1.29, 1.82) is 0 Å². The molecule has 0 radical (unpaired) electrons. The average molecular weight is 341 g/mol. The van der Waals surface area contributed by atoms with Crippen molar-refractivity contribution in [2.24, 2.45) is 0 Å². The number of halogens is 2. The van der Waals surface area contributed by atoms with Gasteiger partial charge in [-0.2, -0.15) is 0 Å². The van der Waals surface area contributed by atoms with Crippen molar-refractivity contribution >= 4 is 45.0 Å². The number of thioether (sulfide) groups is 1. The molecule has 4 heteroatoms. The molecule has 0 aliphatic carbocycles. The number of hydrogen-bond acceptors (Lipinski definition) is 2. The molecule has 0 bridgehead atoms. The molecule has 0 amide bonds. The third-order valence-corrected chi connectivity index (χ3v) is 5.56. The zero-order valence-electron chi connectivity index (χ0n) is 9.49. The molecule has 0 saturated carbocycles. The first-order chi connectivity index (χ1) is 8.75. The van der Waals surface area contributed by atoms with E-state index in [1.165, 1.54) is 10.5 Å². The molecule has 1 aliphatic heterocycles. The van der Waals surface area contributed by atoms with Crippen LogP contribution in [0.15, 0.2) is 51.8 Å². The fraction of sp³-hybridized carbons (Fsp3) is 0.143. The van der Waals surface area contributed by atoms with Crippen LogP contribution in [-0.2, 0) is 0 Å². The topological polar surface area (TPSA) is 12.0 Å². The van der Waals surface area contributed by atoms with Crippen molar-refractivity contribution in [2.75, 3.05) is 11.1 Å². The van der Waals surface area contributed by atoms with Gasteiger partial charge in [-0.3, -0.25) is 0 Å². The minimum atomic E-state index is 0.348. The molecule has 2 aromatic carbocycles. The molecule has 3 rings (SSSR count). The van der Waals surface area contributed by atoms with Gasteiger partial charge in [-0.05, 0) is 39.7 Å². The molecule has 1 atom stereocenters. The van der Waals surface area contributed by atoms with E-state index in [0.29, 0.717) is 6.04 Å². The normalized spacial score (nSPS) is 17.6. The Balaban J connectivity index is 1.89. The van der Waals surface area contributed by atoms with Gasteiger partial charge in [0.2, 0.25) is 0 Å². The molecule has 1 heterocycles. The number of fused-ring (bicyclic) bond motifs is 1. The van der Waals surface area contributed by atoms with Gasteiger partial charge in [0.25, 0.3) is 0 Å². The van der Waals surface area contributed by atoms with Crippen LogP contribution in [0.2, 0.25) is 5.02 Å². The highest BCUT2D eigenvalue weighted by atomic mass is 79.9. The van der Waals surface area contributed by atoms with Gasteiger partial charge in [0.05, 0.1) is 21.2 Å². The number of rotatable bonds is 2. The third kappa shape index (κ3) is 2.27. The maximum absolute atomic E-state index is 6.11. The van der Waals surface area contributed by atoms with E-state index in [1.807, 2.05) is 30.0 Å². The maximum atomic E-state index is 6.11. The minimum absolute atomic E-state index is 0.348. The van der Waals surface area contributed by atoms with Crippen LogP contribution in [0.3, 0.4) is 0 Å². The van der Waals surface area contributed by atoms with E-state index in [-0.39, 0.29) is 0 Å². The molecule has 2 aromatic rings. The molecule has 18 heavy (non-hydrogen) atoms. The highest BCUT2D eigenvalue weighted by Gasteiger charge is 2.23. The first-order valence-electron chi connectivity index (χ1n) is 5.68. The molecule has 0 spiro atoms. The predicted molar refractivity (Wildman–Crippen MR) is 82.7 cm³/mol. The summed E-state index contributed by atoms with van der Waals surface area (Å²) in [6, 6.07) is 14.8. The summed E-state index contributed by atoms with van der Waals surface area (Å²) in [6.07, 6.45) is 0. The standard InChI is InChI=1S/C14H11BrClNS/c15-14-10(16)5-3-6-11(14)17-12-8-18-13-7-2-1-4-9(12)13/h1-7,12,17H,8H2. The van der Waals surface area contributed by atoms with E-state index in [1.54, 1.807) is 0 Å². The second-order valence-electron chi connectivity index (χ2n) is 4.15. The van der Waals surface area contributed by atoms with Crippen molar-refractivity contribution < 1.29 is 0 Å². The summed E-state index contributed by atoms with van der Waals surface area (Å²) >= 11 is 11.5. The average Bonchev–Trinajstić information content (AvgIpc) is 2.79. The highest BCUT2D eigenvalue weighted by Crippen LogP contribution is 2.41. The first kappa shape index (κ1) is 12.4. The zero-order chi connectivity index (χ0) is 12.5. The van der Waals surface area contributed by atoms with Crippen molar-refractivity contribution in [1.82, 2.24) is 0 Å². The lowest BCUT2D eigenvalue weighted by Gasteiger charge is -2.16. The number of nitrogens with one attached hydrogen (secondary N) is 1. The third-order valence-electron chi connectivity index (χ3n) is 2.98. The Morgan fingerprint density at radius 3 is 2.89 bits per heavy atom. The summed E-state index contributed by atoms with van der Waals surface area (Å²) in [5.41, 5.74) is 2.42. The van der Waals surface area contributed by atoms with Gasteiger partial charge in [0.15, 0.2) is 0 Å². The summed E-state index contributed by atoms with van der Waals surface area (Å²) in [4.78, 5) is 1.37. The van der Waals surface area contributed by atoms with Gasteiger partial charge in [-0.15, -0.1) is 11.8 Å². The van der Waals surface area contributed by atoms with Crippen LogP contribution in [0.5, 0.6) is 0 Å². The molecule has 0 saturated heterocycles. The molecule has 1 N–H and O–H groups in total. The van der Waals surface area contributed by atoms with Crippen molar-refractivity contribution in [2.45, 2.75) is 10.9 Å². The van der Waals surface area contributed by atoms with Gasteiger partial charge in [-0.1, -0.05) is 35.9 Å². The van der Waals surface area contributed by atoms with Gasteiger partial charge in [-0.25, -0.2) is 0 Å². The number of hydrogen-bond donors (Lipinski definition) is 1. The molecule has 0 aromatic heterocycles. The van der Waals surface area contributed by atoms with Gasteiger partial charge in [0.1, 0.15) is 0 Å². The summed E-state index contributed by atoms with van der Waals surface area (Å²) in [7, 11) is 0. The molecule has 1 aliphatic rings. The predicted octanol–water partition coefficient (Wildman–Crippen LogP) is 5.36. The molecule has 92 valence electrons. The van der Waals surface area contributed by atoms with Crippen LogP contribution >= 0.6 is 39.3 Å². The second kappa shape index (κ2) is 5.16. The van der Waals surface area contributed by atoms with E-state index >= 15 is 0 Å². The molecular weight excluding hydrogens is 330 g/mol. The molecular formula is C14H11BrClNS. The van der Waals surface area contributed by atoms with E-state index in [9.17, 15) is 0 Å². The Morgan fingerprint density at radius 1 is 1.17 bits per heavy atom. The lowest BCUT2D eigenvalue weighted by atomic mass is 10.1. The summed E-state index contributed by atoms with van der Waals surface area (Å²) in [5, 5.41) is 4.29. The van der Waals surface area contributed by atoms with Gasteiger partial charge in [0, 0.05) is 10.6 Å². The Labute approximate surface area is 124 Å². The van der Waals surface area contributed by atoms with Crippen LogP contribution in [0.1, 0.15) is 11.6 Å². The summed E-state index contributed by atoms with van der Waals surface area (Å²) in [5.74, 6) is 1.05. The Bertz CT molecular complexity index is 588. The summed E-state index contributed by atoms with van der Waals surface area (Å²) < 4.78 is 0.932. The smallest absolute Gasteiger partial charge is 0.0619 e. The van der Waals surface area contributed by atoms with Crippen LogP contribution < -0.4 is 5.32 Å². The van der Waals surface area contributed by atoms with Crippen LogP contribution in [-0.4, -0.2) is 5.75 Å². The number of benzene rings is 2. The molecule has 1 nitrogen and oxygen atoms in total. The lowest BCUT2D eigenvalue weighted by molar-refractivity contribution is 0.899. The SMILES string of the molecule is Clc1cccc(NC2CSc3ccccc32)c1Br. The number of anilines is 1. The van der Waals surface area contributed by atoms with Crippen LogP contribution in [0.4, 0.5) is 5.69 Å². The quantitative estimate of drug-likeness (QED) is 0.789. The van der Waals surface area contributed by atoms with Gasteiger partial charge >= 0.3 is 0 Å². The van der Waals surface area contributed by atoms with Crippen molar-refractivity contribution in [3.8, 4) is 0 Å². The van der Waals surface area contributed by atoms with Crippen LogP contribution in [0, 0.1) is 0 Å². The van der Waals surface area contributed by atoms with Gasteiger partial charge < -0.3 is 5.32 Å². The summed E-state index contributed by atoms with van der Waals surface area (Å²) in [6.45, 7) is 0. The fourth-order valence-corrected chi connectivity index (χ4v) is 3.80. The largest absolute Gasteiger partial charge is 0.376 e. The Morgan fingerprint density at radius 2 is 2.00 bits per heavy atom. The molecule has 1 unspecified atom stereocenters. The maximum Gasteiger partial charge on any atom is 0.0619 e. The van der Waals surface area contributed by atoms with Crippen molar-refractivity contribution in [3.63, 3.8) is 0 Å². The van der Waals surface area contributed by atoms with E-state index in [4.69, 9.17) is 11.6 Å². The van der Waals surface area contributed by atoms with E-state index < -0.39 is 0 Å². The molecule has 0 fully saturated rings. The van der Waals surface area contributed by atoms with Crippen molar-refractivity contribution in [3.05, 3.63) is 57.5 Å². The minimum Gasteiger partial charge on any atom is -0.376 e. The monoisotopic (exact) mass is 339 g/mol. The van der Waals surface area contributed by atoms with E-state index in [2.05, 4.69) is 45.5 Å². The second-order valence-corrected chi connectivity index (χ2v) is 6.41.